The van der Waals surface area contributed by atoms with E-state index in [1.807, 2.05) is 36.6 Å². The van der Waals surface area contributed by atoms with E-state index < -0.39 is 0 Å². The molecular weight excluding hydrogens is 382 g/mol. The maximum Gasteiger partial charge on any atom is 0.268 e. The van der Waals surface area contributed by atoms with Gasteiger partial charge in [0, 0.05) is 5.02 Å². The fraction of sp³-hybridized carbons (Fsp3) is 0.0476. The number of benzene rings is 2. The monoisotopic (exact) mass is 395 g/mol. The first kappa shape index (κ1) is 17.5. The highest BCUT2D eigenvalue weighted by molar-refractivity contribution is 7.12. The molecule has 0 fully saturated rings. The van der Waals surface area contributed by atoms with E-state index in [0.29, 0.717) is 32.0 Å². The Kier molecular flexibility index (Phi) is 4.56. The fourth-order valence-electron chi connectivity index (χ4n) is 2.81. The molecule has 2 aromatic carbocycles. The summed E-state index contributed by atoms with van der Waals surface area (Å²) in [5.41, 5.74) is 2.15. The van der Waals surface area contributed by atoms with Crippen molar-refractivity contribution in [2.24, 2.45) is 0 Å². The van der Waals surface area contributed by atoms with Crippen LogP contribution in [0.5, 0.6) is 0 Å². The average Bonchev–Trinajstić information content (AvgIpc) is 3.19. The second kappa shape index (κ2) is 7.02. The van der Waals surface area contributed by atoms with Crippen molar-refractivity contribution in [1.29, 1.82) is 0 Å². The van der Waals surface area contributed by atoms with E-state index in [1.54, 1.807) is 30.3 Å². The first-order valence-corrected chi connectivity index (χ1v) is 9.47. The molecular formula is C21H14ClNO3S. The SMILES string of the molecule is Cc1ccc(-c2c(NC(=O)c3cccs3)oc3ccc(Cl)cc3c2=O)cc1. The van der Waals surface area contributed by atoms with Gasteiger partial charge in [-0.15, -0.1) is 11.3 Å². The molecule has 0 spiro atoms. The Morgan fingerprint density at radius 3 is 2.59 bits per heavy atom. The highest BCUT2D eigenvalue weighted by atomic mass is 35.5. The highest BCUT2D eigenvalue weighted by Gasteiger charge is 2.19. The fourth-order valence-corrected chi connectivity index (χ4v) is 3.60. The zero-order chi connectivity index (χ0) is 19.0. The number of carbonyl (C=O) groups excluding carboxylic acids is 1. The van der Waals surface area contributed by atoms with Gasteiger partial charge in [-0.05, 0) is 42.1 Å². The summed E-state index contributed by atoms with van der Waals surface area (Å²) in [5, 5.41) is 5.37. The molecule has 134 valence electrons. The summed E-state index contributed by atoms with van der Waals surface area (Å²) in [7, 11) is 0. The summed E-state index contributed by atoms with van der Waals surface area (Å²) in [6.45, 7) is 1.96. The van der Waals surface area contributed by atoms with Crippen molar-refractivity contribution in [2.75, 3.05) is 5.32 Å². The van der Waals surface area contributed by atoms with E-state index >= 15 is 0 Å². The molecule has 0 bridgehead atoms. The third-order valence-corrected chi connectivity index (χ3v) is 5.27. The number of carbonyl (C=O) groups is 1. The van der Waals surface area contributed by atoms with E-state index in [2.05, 4.69) is 5.32 Å². The number of thiophene rings is 1. The standard InChI is InChI=1S/C21H14ClNO3S/c1-12-4-6-13(7-5-12)18-19(24)15-11-14(22)8-9-16(15)26-21(18)23-20(25)17-3-2-10-27-17/h2-11H,1H3,(H,23,25). The van der Waals surface area contributed by atoms with Crippen molar-refractivity contribution < 1.29 is 9.21 Å². The van der Waals surface area contributed by atoms with Crippen molar-refractivity contribution >= 4 is 45.7 Å². The molecule has 0 aliphatic rings. The molecule has 2 aromatic heterocycles. The Balaban J connectivity index is 1.93. The van der Waals surface area contributed by atoms with Gasteiger partial charge in [-0.25, -0.2) is 0 Å². The van der Waals surface area contributed by atoms with E-state index in [1.165, 1.54) is 11.3 Å². The zero-order valence-electron chi connectivity index (χ0n) is 14.3. The predicted octanol–water partition coefficient (Wildman–Crippen LogP) is 5.74. The van der Waals surface area contributed by atoms with Gasteiger partial charge in [-0.2, -0.15) is 0 Å². The second-order valence-electron chi connectivity index (χ2n) is 6.07. The van der Waals surface area contributed by atoms with Crippen LogP contribution in [0, 0.1) is 6.92 Å². The van der Waals surface area contributed by atoms with E-state index in [0.717, 1.165) is 5.56 Å². The first-order chi connectivity index (χ1) is 13.0. The smallest absolute Gasteiger partial charge is 0.268 e. The minimum Gasteiger partial charge on any atom is -0.439 e. The van der Waals surface area contributed by atoms with Crippen LogP contribution in [0.15, 0.2) is 69.2 Å². The van der Waals surface area contributed by atoms with Crippen LogP contribution in [0.1, 0.15) is 15.2 Å². The van der Waals surface area contributed by atoms with Gasteiger partial charge in [-0.1, -0.05) is 47.5 Å². The van der Waals surface area contributed by atoms with Gasteiger partial charge in [0.15, 0.2) is 0 Å². The van der Waals surface area contributed by atoms with Gasteiger partial charge in [0.2, 0.25) is 11.3 Å². The van der Waals surface area contributed by atoms with Crippen LogP contribution in [0.4, 0.5) is 5.88 Å². The summed E-state index contributed by atoms with van der Waals surface area (Å²) < 4.78 is 5.90. The number of fused-ring (bicyclic) bond motifs is 1. The van der Waals surface area contributed by atoms with Crippen LogP contribution in [0.2, 0.25) is 5.02 Å². The number of amides is 1. The molecule has 1 amide bonds. The third kappa shape index (κ3) is 3.39. The van der Waals surface area contributed by atoms with Crippen molar-refractivity contribution in [1.82, 2.24) is 0 Å². The number of anilines is 1. The number of nitrogens with one attached hydrogen (secondary N) is 1. The number of halogens is 1. The van der Waals surface area contributed by atoms with Crippen LogP contribution in [-0.4, -0.2) is 5.91 Å². The zero-order valence-corrected chi connectivity index (χ0v) is 15.9. The van der Waals surface area contributed by atoms with Gasteiger partial charge in [0.25, 0.3) is 5.91 Å². The van der Waals surface area contributed by atoms with Crippen molar-refractivity contribution in [2.45, 2.75) is 6.92 Å². The largest absolute Gasteiger partial charge is 0.439 e. The molecule has 4 aromatic rings. The molecule has 0 saturated carbocycles. The minimum absolute atomic E-state index is 0.122. The molecule has 2 heterocycles. The van der Waals surface area contributed by atoms with Gasteiger partial charge in [0.05, 0.1) is 15.8 Å². The second-order valence-corrected chi connectivity index (χ2v) is 7.46. The Morgan fingerprint density at radius 2 is 1.89 bits per heavy atom. The van der Waals surface area contributed by atoms with Gasteiger partial charge < -0.3 is 4.42 Å². The molecule has 27 heavy (non-hydrogen) atoms. The first-order valence-electron chi connectivity index (χ1n) is 8.21. The lowest BCUT2D eigenvalue weighted by molar-refractivity contribution is 0.102. The molecule has 0 unspecified atom stereocenters. The van der Waals surface area contributed by atoms with Crippen LogP contribution < -0.4 is 10.7 Å². The topological polar surface area (TPSA) is 59.3 Å². The van der Waals surface area contributed by atoms with Crippen LogP contribution >= 0.6 is 22.9 Å². The summed E-state index contributed by atoms with van der Waals surface area (Å²) in [5.74, 6) is -0.202. The van der Waals surface area contributed by atoms with Gasteiger partial charge in [-0.3, -0.25) is 14.9 Å². The average molecular weight is 396 g/mol. The number of hydrogen-bond donors (Lipinski definition) is 1. The van der Waals surface area contributed by atoms with Gasteiger partial charge >= 0.3 is 0 Å². The summed E-state index contributed by atoms with van der Waals surface area (Å²) >= 11 is 7.37. The lowest BCUT2D eigenvalue weighted by Gasteiger charge is -2.11. The van der Waals surface area contributed by atoms with Crippen LogP contribution in [-0.2, 0) is 0 Å². The molecule has 0 aliphatic heterocycles. The molecule has 4 rings (SSSR count). The Morgan fingerprint density at radius 1 is 1.11 bits per heavy atom. The molecule has 0 aliphatic carbocycles. The number of aryl methyl sites for hydroxylation is 1. The van der Waals surface area contributed by atoms with Crippen molar-refractivity contribution in [3.8, 4) is 11.1 Å². The normalized spacial score (nSPS) is 10.9. The van der Waals surface area contributed by atoms with Crippen LogP contribution in [0.3, 0.4) is 0 Å². The maximum absolute atomic E-state index is 13.2. The summed E-state index contributed by atoms with van der Waals surface area (Å²) in [6.07, 6.45) is 0. The van der Waals surface area contributed by atoms with E-state index in [9.17, 15) is 9.59 Å². The third-order valence-electron chi connectivity index (χ3n) is 4.16. The molecule has 4 nitrogen and oxygen atoms in total. The van der Waals surface area contributed by atoms with Crippen LogP contribution in [0.25, 0.3) is 22.1 Å². The summed E-state index contributed by atoms with van der Waals surface area (Å²) in [4.78, 5) is 26.2. The molecule has 1 N–H and O–H groups in total. The quantitative estimate of drug-likeness (QED) is 0.481. The van der Waals surface area contributed by atoms with Crippen molar-refractivity contribution in [3.05, 3.63) is 85.7 Å². The Bertz CT molecular complexity index is 1190. The van der Waals surface area contributed by atoms with Gasteiger partial charge in [0.1, 0.15) is 5.58 Å². The lowest BCUT2D eigenvalue weighted by Crippen LogP contribution is -2.15. The Labute approximate surface area is 164 Å². The number of rotatable bonds is 3. The summed E-state index contributed by atoms with van der Waals surface area (Å²) in [6, 6.07) is 15.8. The van der Waals surface area contributed by atoms with E-state index in [-0.39, 0.29) is 17.2 Å². The molecule has 0 atom stereocenters. The number of hydrogen-bond acceptors (Lipinski definition) is 4. The predicted molar refractivity (Wildman–Crippen MR) is 110 cm³/mol. The van der Waals surface area contributed by atoms with Crippen molar-refractivity contribution in [3.63, 3.8) is 0 Å². The Hall–Kier alpha value is -2.89. The molecule has 6 heteroatoms. The minimum atomic E-state index is -0.324. The highest BCUT2D eigenvalue weighted by Crippen LogP contribution is 2.30. The van der Waals surface area contributed by atoms with E-state index in [4.69, 9.17) is 16.0 Å². The molecule has 0 saturated heterocycles. The maximum atomic E-state index is 13.2. The molecule has 0 radical (unpaired) electrons. The lowest BCUT2D eigenvalue weighted by atomic mass is 10.0.